The molecule has 6 heteroatoms. The molecule has 0 aliphatic carbocycles. The number of carbonyl (C=O) groups is 2. The van der Waals surface area contributed by atoms with E-state index in [1.165, 1.54) is 6.07 Å². The van der Waals surface area contributed by atoms with Gasteiger partial charge in [-0.25, -0.2) is 8.78 Å². The van der Waals surface area contributed by atoms with Crippen LogP contribution in [0.4, 0.5) is 14.5 Å². The molecule has 0 spiro atoms. The fourth-order valence-corrected chi connectivity index (χ4v) is 3.01. The Labute approximate surface area is 141 Å². The number of halogens is 2. The third kappa shape index (κ3) is 3.74. The van der Waals surface area contributed by atoms with Gasteiger partial charge in [-0.3, -0.25) is 9.59 Å². The van der Waals surface area contributed by atoms with Gasteiger partial charge in [0, 0.05) is 24.3 Å². The molecule has 1 aromatic rings. The topological polar surface area (TPSA) is 49.4 Å². The van der Waals surface area contributed by atoms with E-state index in [1.807, 2.05) is 6.92 Å². The number of piperidine rings is 1. The molecule has 132 valence electrons. The van der Waals surface area contributed by atoms with Crippen molar-refractivity contribution in [2.45, 2.75) is 52.5 Å². The third-order valence-electron chi connectivity index (χ3n) is 4.64. The monoisotopic (exact) mass is 338 g/mol. The lowest BCUT2D eigenvalue weighted by atomic mass is 9.87. The van der Waals surface area contributed by atoms with Crippen molar-refractivity contribution in [3.8, 4) is 0 Å². The summed E-state index contributed by atoms with van der Waals surface area (Å²) in [6, 6.07) is 3.27. The number of likely N-dealkylation sites (tertiary alicyclic amines) is 1. The van der Waals surface area contributed by atoms with Gasteiger partial charge in [0.2, 0.25) is 11.8 Å². The van der Waals surface area contributed by atoms with Gasteiger partial charge < -0.3 is 10.2 Å². The quantitative estimate of drug-likeness (QED) is 0.851. The lowest BCUT2D eigenvalue weighted by molar-refractivity contribution is -0.149. The summed E-state index contributed by atoms with van der Waals surface area (Å²) < 4.78 is 26.2. The van der Waals surface area contributed by atoms with Gasteiger partial charge in [-0.2, -0.15) is 0 Å². The van der Waals surface area contributed by atoms with Gasteiger partial charge in [0.25, 0.3) is 0 Å². The number of benzene rings is 1. The van der Waals surface area contributed by atoms with Crippen molar-refractivity contribution in [2.24, 2.45) is 5.41 Å². The van der Waals surface area contributed by atoms with Crippen molar-refractivity contribution in [3.05, 3.63) is 29.8 Å². The first-order valence-electron chi connectivity index (χ1n) is 8.35. The molecule has 1 aliphatic heterocycles. The van der Waals surface area contributed by atoms with Crippen LogP contribution >= 0.6 is 0 Å². The lowest BCUT2D eigenvalue weighted by Crippen LogP contribution is -2.52. The summed E-state index contributed by atoms with van der Waals surface area (Å²) in [6.07, 6.45) is 3.82. The van der Waals surface area contributed by atoms with Gasteiger partial charge in [-0.05, 0) is 51.7 Å². The molecule has 1 heterocycles. The van der Waals surface area contributed by atoms with Gasteiger partial charge in [-0.15, -0.1) is 0 Å². The number of nitrogens with zero attached hydrogens (tertiary/aromatic N) is 1. The van der Waals surface area contributed by atoms with E-state index in [-0.39, 0.29) is 17.6 Å². The molecule has 0 saturated carbocycles. The Morgan fingerprint density at radius 3 is 2.58 bits per heavy atom. The van der Waals surface area contributed by atoms with Crippen molar-refractivity contribution < 1.29 is 18.4 Å². The molecule has 0 radical (unpaired) electrons. The van der Waals surface area contributed by atoms with Gasteiger partial charge in [0.1, 0.15) is 5.41 Å². The van der Waals surface area contributed by atoms with Crippen LogP contribution in [0.3, 0.4) is 0 Å². The van der Waals surface area contributed by atoms with E-state index in [1.54, 1.807) is 18.7 Å². The number of hydrogen-bond acceptors (Lipinski definition) is 2. The second-order valence-corrected chi connectivity index (χ2v) is 6.76. The summed E-state index contributed by atoms with van der Waals surface area (Å²) in [7, 11) is 0. The molecular formula is C18H24F2N2O2. The molecule has 1 aliphatic rings. The number of anilines is 1. The van der Waals surface area contributed by atoms with Crippen LogP contribution in [-0.2, 0) is 9.59 Å². The minimum absolute atomic E-state index is 0.130. The normalized spacial score (nSPS) is 18.4. The summed E-state index contributed by atoms with van der Waals surface area (Å²) >= 11 is 0. The van der Waals surface area contributed by atoms with Crippen LogP contribution in [0.5, 0.6) is 0 Å². The molecule has 2 rings (SSSR count). The molecule has 4 nitrogen and oxygen atoms in total. The molecule has 1 unspecified atom stereocenters. The number of amides is 2. The third-order valence-corrected chi connectivity index (χ3v) is 4.64. The van der Waals surface area contributed by atoms with Crippen LogP contribution in [0.2, 0.25) is 0 Å². The molecule has 2 amide bonds. The van der Waals surface area contributed by atoms with Crippen LogP contribution in [0, 0.1) is 17.0 Å². The SMILES string of the molecule is CCC1CCCCN1C(=O)C(C)(C)C(=O)Nc1ccc(F)c(F)c1. The zero-order valence-electron chi connectivity index (χ0n) is 14.4. The molecular weight excluding hydrogens is 314 g/mol. The van der Waals surface area contributed by atoms with Gasteiger partial charge in [-0.1, -0.05) is 6.92 Å². The molecule has 0 aromatic heterocycles. The predicted octanol–water partition coefficient (Wildman–Crippen LogP) is 3.72. The maximum atomic E-state index is 13.3. The molecule has 1 aromatic carbocycles. The highest BCUT2D eigenvalue weighted by Gasteiger charge is 2.41. The first-order valence-corrected chi connectivity index (χ1v) is 8.35. The first-order chi connectivity index (χ1) is 11.3. The van der Waals surface area contributed by atoms with E-state index in [2.05, 4.69) is 5.32 Å². The fourth-order valence-electron chi connectivity index (χ4n) is 3.01. The van der Waals surface area contributed by atoms with E-state index in [0.29, 0.717) is 6.54 Å². The number of nitrogens with one attached hydrogen (secondary N) is 1. The zero-order valence-corrected chi connectivity index (χ0v) is 14.4. The highest BCUT2D eigenvalue weighted by Crippen LogP contribution is 2.28. The Morgan fingerprint density at radius 2 is 1.96 bits per heavy atom. The fraction of sp³-hybridized carbons (Fsp3) is 0.556. The molecule has 1 fully saturated rings. The van der Waals surface area contributed by atoms with Crippen molar-refractivity contribution in [2.75, 3.05) is 11.9 Å². The Kier molecular flexibility index (Phi) is 5.57. The van der Waals surface area contributed by atoms with Crippen LogP contribution in [0.1, 0.15) is 46.5 Å². The molecule has 1 saturated heterocycles. The average molecular weight is 338 g/mol. The predicted molar refractivity (Wildman–Crippen MR) is 88.4 cm³/mol. The summed E-state index contributed by atoms with van der Waals surface area (Å²) in [5.74, 6) is -2.78. The van der Waals surface area contributed by atoms with Gasteiger partial charge >= 0.3 is 0 Å². The zero-order chi connectivity index (χ0) is 17.9. The Balaban J connectivity index is 2.13. The van der Waals surface area contributed by atoms with E-state index in [0.717, 1.165) is 37.8 Å². The van der Waals surface area contributed by atoms with Gasteiger partial charge in [0.05, 0.1) is 0 Å². The maximum Gasteiger partial charge on any atom is 0.239 e. The standard InChI is InChI=1S/C18H24F2N2O2/c1-4-13-7-5-6-10-22(13)17(24)18(2,3)16(23)21-12-8-9-14(19)15(20)11-12/h8-9,11,13H,4-7,10H2,1-3H3,(H,21,23). The summed E-state index contributed by atoms with van der Waals surface area (Å²) in [5, 5.41) is 2.51. The Bertz CT molecular complexity index is 631. The minimum Gasteiger partial charge on any atom is -0.339 e. The van der Waals surface area contributed by atoms with Crippen LogP contribution in [-0.4, -0.2) is 29.3 Å². The Hall–Kier alpha value is -1.98. The number of rotatable bonds is 4. The largest absolute Gasteiger partial charge is 0.339 e. The highest BCUT2D eigenvalue weighted by molar-refractivity contribution is 6.09. The molecule has 0 bridgehead atoms. The summed E-state index contributed by atoms with van der Waals surface area (Å²) in [5.41, 5.74) is -1.15. The molecule has 1 atom stereocenters. The Morgan fingerprint density at radius 1 is 1.25 bits per heavy atom. The summed E-state index contributed by atoms with van der Waals surface area (Å²) in [4.78, 5) is 27.2. The van der Waals surface area contributed by atoms with Crippen LogP contribution in [0.15, 0.2) is 18.2 Å². The van der Waals surface area contributed by atoms with Crippen molar-refractivity contribution in [1.82, 2.24) is 4.90 Å². The van der Waals surface area contributed by atoms with Crippen LogP contribution in [0.25, 0.3) is 0 Å². The van der Waals surface area contributed by atoms with Crippen molar-refractivity contribution in [1.29, 1.82) is 0 Å². The van der Waals surface area contributed by atoms with Crippen molar-refractivity contribution >= 4 is 17.5 Å². The highest BCUT2D eigenvalue weighted by atomic mass is 19.2. The van der Waals surface area contributed by atoms with E-state index >= 15 is 0 Å². The average Bonchev–Trinajstić information content (AvgIpc) is 2.57. The lowest BCUT2D eigenvalue weighted by Gasteiger charge is -2.39. The van der Waals surface area contributed by atoms with E-state index < -0.39 is 23.0 Å². The summed E-state index contributed by atoms with van der Waals surface area (Å²) in [6.45, 7) is 5.81. The second kappa shape index (κ2) is 7.28. The minimum atomic E-state index is -1.28. The second-order valence-electron chi connectivity index (χ2n) is 6.76. The first kappa shape index (κ1) is 18.4. The van der Waals surface area contributed by atoms with E-state index in [9.17, 15) is 18.4 Å². The molecule has 1 N–H and O–H groups in total. The van der Waals surface area contributed by atoms with E-state index in [4.69, 9.17) is 0 Å². The van der Waals surface area contributed by atoms with Crippen molar-refractivity contribution in [3.63, 3.8) is 0 Å². The smallest absolute Gasteiger partial charge is 0.239 e. The van der Waals surface area contributed by atoms with Crippen LogP contribution < -0.4 is 5.32 Å². The number of carbonyl (C=O) groups excluding carboxylic acids is 2. The number of hydrogen-bond donors (Lipinski definition) is 1. The molecule has 24 heavy (non-hydrogen) atoms. The maximum absolute atomic E-state index is 13.3. The van der Waals surface area contributed by atoms with Gasteiger partial charge in [0.15, 0.2) is 11.6 Å².